The van der Waals surface area contributed by atoms with E-state index in [0.717, 1.165) is 0 Å². The van der Waals surface area contributed by atoms with Crippen molar-refractivity contribution in [1.82, 2.24) is 11.0 Å². The van der Waals surface area contributed by atoms with Crippen molar-refractivity contribution in [3.8, 4) is 0 Å². The van der Waals surface area contributed by atoms with E-state index >= 15 is 0 Å². The topological polar surface area (TPSA) is 112 Å². The fourth-order valence-corrected chi connectivity index (χ4v) is 0.840. The third-order valence-corrected chi connectivity index (χ3v) is 1.43. The lowest BCUT2D eigenvalue weighted by Crippen LogP contribution is -2.23. The lowest BCUT2D eigenvalue weighted by atomic mass is 10.7. The molecular weight excluding hydrogens is 183 g/mol. The average Bonchev–Trinajstić information content (AvgIpc) is 2.06. The zero-order chi connectivity index (χ0) is 9.23. The van der Waals surface area contributed by atoms with Gasteiger partial charge in [-0.2, -0.15) is 11.0 Å². The average molecular weight is 198 g/mol. The first-order valence-corrected chi connectivity index (χ1v) is 4.77. The summed E-state index contributed by atoms with van der Waals surface area (Å²) >= 11 is 0. The van der Waals surface area contributed by atoms with Gasteiger partial charge in [0.2, 0.25) is 0 Å². The molecular formula is C4H15N4O3P. The third kappa shape index (κ3) is 8.09. The molecule has 0 amide bonds. The molecule has 0 saturated carbocycles. The summed E-state index contributed by atoms with van der Waals surface area (Å²) in [5, 5.41) is 0. The standard InChI is InChI=1S/C4H15N4O3P/c5-1-3-7-10-12(9)11-8-4-2-6/h7-8,12H,1-6H2. The minimum atomic E-state index is -2.52. The predicted octanol–water partition coefficient (Wildman–Crippen LogP) is -1.66. The molecule has 0 heterocycles. The second kappa shape index (κ2) is 9.08. The van der Waals surface area contributed by atoms with E-state index in [1.54, 1.807) is 0 Å². The predicted molar refractivity (Wildman–Crippen MR) is 45.3 cm³/mol. The summed E-state index contributed by atoms with van der Waals surface area (Å²) in [6.45, 7) is 1.67. The Hall–Kier alpha value is -0.0100. The van der Waals surface area contributed by atoms with E-state index in [1.807, 2.05) is 0 Å². The molecule has 0 aliphatic heterocycles. The highest BCUT2D eigenvalue weighted by molar-refractivity contribution is 7.33. The van der Waals surface area contributed by atoms with Crippen molar-refractivity contribution in [2.24, 2.45) is 11.5 Å². The third-order valence-electron chi connectivity index (χ3n) is 0.804. The smallest absolute Gasteiger partial charge is 0.329 e. The van der Waals surface area contributed by atoms with E-state index in [4.69, 9.17) is 11.5 Å². The van der Waals surface area contributed by atoms with Crippen LogP contribution in [0, 0.1) is 0 Å². The Morgan fingerprint density at radius 3 is 1.83 bits per heavy atom. The summed E-state index contributed by atoms with van der Waals surface area (Å²) < 4.78 is 19.8. The number of rotatable bonds is 8. The van der Waals surface area contributed by atoms with Crippen LogP contribution in [0.4, 0.5) is 0 Å². The highest BCUT2D eigenvalue weighted by Gasteiger charge is 1.97. The molecule has 0 rings (SSSR count). The molecule has 8 heteroatoms. The number of nitrogens with one attached hydrogen (secondary N) is 2. The Bertz CT molecular complexity index is 113. The monoisotopic (exact) mass is 198 g/mol. The van der Waals surface area contributed by atoms with Crippen LogP contribution in [-0.4, -0.2) is 26.2 Å². The number of hydrogen-bond donors (Lipinski definition) is 4. The molecule has 0 saturated heterocycles. The van der Waals surface area contributed by atoms with Crippen LogP contribution in [0.1, 0.15) is 0 Å². The summed E-state index contributed by atoms with van der Waals surface area (Å²) in [6.07, 6.45) is 0. The molecule has 7 nitrogen and oxygen atoms in total. The van der Waals surface area contributed by atoms with Gasteiger partial charge in [0, 0.05) is 26.2 Å². The van der Waals surface area contributed by atoms with Crippen LogP contribution < -0.4 is 22.4 Å². The van der Waals surface area contributed by atoms with Gasteiger partial charge < -0.3 is 11.5 Å². The first-order valence-electron chi connectivity index (χ1n) is 3.54. The largest absolute Gasteiger partial charge is 0.351 e. The van der Waals surface area contributed by atoms with Crippen molar-refractivity contribution in [2.75, 3.05) is 26.2 Å². The number of hydroxylamine groups is 2. The Kier molecular flexibility index (Phi) is 9.07. The molecule has 0 unspecified atom stereocenters. The number of hydrogen-bond acceptors (Lipinski definition) is 7. The maximum Gasteiger partial charge on any atom is 0.351 e. The highest BCUT2D eigenvalue weighted by atomic mass is 31.1. The van der Waals surface area contributed by atoms with Crippen LogP contribution in [0.5, 0.6) is 0 Å². The van der Waals surface area contributed by atoms with Crippen LogP contribution in [0.25, 0.3) is 0 Å². The normalized spacial score (nSPS) is 10.9. The molecule has 0 aromatic rings. The van der Waals surface area contributed by atoms with E-state index in [-0.39, 0.29) is 0 Å². The Morgan fingerprint density at radius 1 is 1.08 bits per heavy atom. The van der Waals surface area contributed by atoms with Crippen LogP contribution in [0.3, 0.4) is 0 Å². The summed E-state index contributed by atoms with van der Waals surface area (Å²) in [7, 11) is -2.52. The van der Waals surface area contributed by atoms with Crippen molar-refractivity contribution in [1.29, 1.82) is 0 Å². The Labute approximate surface area is 71.6 Å². The molecule has 0 fully saturated rings. The maximum atomic E-state index is 10.7. The van der Waals surface area contributed by atoms with E-state index < -0.39 is 8.25 Å². The van der Waals surface area contributed by atoms with Gasteiger partial charge in [-0.3, -0.25) is 4.57 Å². The van der Waals surface area contributed by atoms with Gasteiger partial charge in [-0.05, 0) is 0 Å². The fraction of sp³-hybridized carbons (Fsp3) is 1.00. The molecule has 74 valence electrons. The van der Waals surface area contributed by atoms with Gasteiger partial charge >= 0.3 is 8.25 Å². The van der Waals surface area contributed by atoms with Crippen molar-refractivity contribution >= 4 is 8.25 Å². The minimum Gasteiger partial charge on any atom is -0.329 e. The second-order valence-corrected chi connectivity index (χ2v) is 2.73. The maximum absolute atomic E-state index is 10.7. The van der Waals surface area contributed by atoms with Gasteiger partial charge in [0.15, 0.2) is 0 Å². The van der Waals surface area contributed by atoms with Crippen molar-refractivity contribution in [2.45, 2.75) is 0 Å². The van der Waals surface area contributed by atoms with Crippen molar-refractivity contribution in [3.05, 3.63) is 0 Å². The molecule has 0 aliphatic rings. The fourth-order valence-electron chi connectivity index (χ4n) is 0.359. The van der Waals surface area contributed by atoms with Crippen LogP contribution >= 0.6 is 8.25 Å². The minimum absolute atomic E-state index is 0.408. The first kappa shape index (κ1) is 12.0. The molecule has 0 aromatic heterocycles. The van der Waals surface area contributed by atoms with Gasteiger partial charge in [0.25, 0.3) is 0 Å². The van der Waals surface area contributed by atoms with Gasteiger partial charge in [0.1, 0.15) is 0 Å². The molecule has 0 atom stereocenters. The van der Waals surface area contributed by atoms with Gasteiger partial charge in [-0.15, -0.1) is 0 Å². The Morgan fingerprint density at radius 2 is 1.50 bits per heavy atom. The molecule has 0 aromatic carbocycles. The van der Waals surface area contributed by atoms with Gasteiger partial charge in [-0.1, -0.05) is 0 Å². The quantitative estimate of drug-likeness (QED) is 0.210. The van der Waals surface area contributed by atoms with Crippen molar-refractivity contribution in [3.63, 3.8) is 0 Å². The number of nitrogens with two attached hydrogens (primary N) is 2. The molecule has 6 N–H and O–H groups in total. The van der Waals surface area contributed by atoms with Crippen molar-refractivity contribution < 1.29 is 13.8 Å². The van der Waals surface area contributed by atoms with Crippen LogP contribution in [-0.2, 0) is 13.8 Å². The van der Waals surface area contributed by atoms with Gasteiger partial charge in [0.05, 0.1) is 0 Å². The zero-order valence-corrected chi connectivity index (χ0v) is 7.71. The highest BCUT2D eigenvalue weighted by Crippen LogP contribution is 2.18. The lowest BCUT2D eigenvalue weighted by molar-refractivity contribution is 0.120. The zero-order valence-electron chi connectivity index (χ0n) is 6.71. The van der Waals surface area contributed by atoms with E-state index in [2.05, 4.69) is 20.2 Å². The summed E-state index contributed by atoms with van der Waals surface area (Å²) in [4.78, 5) is 0. The van der Waals surface area contributed by atoms with Crippen LogP contribution in [0.15, 0.2) is 0 Å². The second-order valence-electron chi connectivity index (χ2n) is 1.82. The summed E-state index contributed by atoms with van der Waals surface area (Å²) in [5.41, 5.74) is 15.0. The summed E-state index contributed by atoms with van der Waals surface area (Å²) in [5.74, 6) is 0. The SMILES string of the molecule is NCCNO[PH](=O)ONCCN. The molecule has 12 heavy (non-hydrogen) atoms. The van der Waals surface area contributed by atoms with E-state index in [0.29, 0.717) is 26.2 Å². The lowest BCUT2D eigenvalue weighted by Gasteiger charge is -2.04. The molecule has 0 bridgehead atoms. The van der Waals surface area contributed by atoms with Crippen LogP contribution in [0.2, 0.25) is 0 Å². The molecule has 0 aliphatic carbocycles. The molecule has 0 radical (unpaired) electrons. The van der Waals surface area contributed by atoms with E-state index in [1.165, 1.54) is 0 Å². The van der Waals surface area contributed by atoms with E-state index in [9.17, 15) is 4.57 Å². The van der Waals surface area contributed by atoms with Gasteiger partial charge in [-0.25, -0.2) is 9.25 Å². The summed E-state index contributed by atoms with van der Waals surface area (Å²) in [6, 6.07) is 0. The molecule has 0 spiro atoms. The Balaban J connectivity index is 3.10. The first-order chi connectivity index (χ1) is 5.81.